The van der Waals surface area contributed by atoms with E-state index in [0.29, 0.717) is 16.4 Å². The average Bonchev–Trinajstić information content (AvgIpc) is 2.75. The van der Waals surface area contributed by atoms with Crippen molar-refractivity contribution in [2.45, 2.75) is 0 Å². The van der Waals surface area contributed by atoms with Gasteiger partial charge in [0.25, 0.3) is 0 Å². The van der Waals surface area contributed by atoms with Gasteiger partial charge in [-0.1, -0.05) is 30.3 Å². The number of anilines is 1. The van der Waals surface area contributed by atoms with Gasteiger partial charge in [0, 0.05) is 10.9 Å². The summed E-state index contributed by atoms with van der Waals surface area (Å²) in [5.74, 6) is -0.269. The first-order chi connectivity index (χ1) is 8.25. The summed E-state index contributed by atoms with van der Waals surface area (Å²) >= 11 is 1.32. The van der Waals surface area contributed by atoms with E-state index >= 15 is 0 Å². The lowest BCUT2D eigenvalue weighted by Gasteiger charge is -2.05. The lowest BCUT2D eigenvalue weighted by molar-refractivity contribution is 0.632. The second kappa shape index (κ2) is 3.82. The zero-order valence-corrected chi connectivity index (χ0v) is 9.67. The molecule has 0 aliphatic rings. The van der Waals surface area contributed by atoms with Gasteiger partial charge in [-0.2, -0.15) is 0 Å². The van der Waals surface area contributed by atoms with Crippen LogP contribution < -0.4 is 5.73 Å². The normalized spacial score (nSPS) is 10.9. The van der Waals surface area contributed by atoms with Crippen molar-refractivity contribution in [3.63, 3.8) is 0 Å². The fourth-order valence-corrected chi connectivity index (χ4v) is 2.46. The van der Waals surface area contributed by atoms with Gasteiger partial charge in [0.15, 0.2) is 5.13 Å². The van der Waals surface area contributed by atoms with Crippen molar-refractivity contribution in [1.82, 2.24) is 4.98 Å². The summed E-state index contributed by atoms with van der Waals surface area (Å²) in [7, 11) is 0. The van der Waals surface area contributed by atoms with Crippen molar-refractivity contribution in [3.8, 4) is 11.3 Å². The molecule has 0 fully saturated rings. The number of halogens is 1. The number of hydrogen-bond donors (Lipinski definition) is 1. The summed E-state index contributed by atoms with van der Waals surface area (Å²) in [6.07, 6.45) is 0. The number of fused-ring (bicyclic) bond motifs is 1. The molecule has 3 rings (SSSR count). The van der Waals surface area contributed by atoms with E-state index in [1.165, 1.54) is 17.4 Å². The highest BCUT2D eigenvalue weighted by Gasteiger charge is 2.12. The highest BCUT2D eigenvalue weighted by Crippen LogP contribution is 2.32. The van der Waals surface area contributed by atoms with Gasteiger partial charge in [0.05, 0.1) is 5.69 Å². The van der Waals surface area contributed by atoms with Crippen LogP contribution in [-0.4, -0.2) is 4.98 Å². The van der Waals surface area contributed by atoms with E-state index in [1.807, 2.05) is 24.3 Å². The molecule has 2 aromatic carbocycles. The van der Waals surface area contributed by atoms with Crippen LogP contribution in [-0.2, 0) is 0 Å². The minimum atomic E-state index is -0.269. The molecule has 17 heavy (non-hydrogen) atoms. The average molecular weight is 244 g/mol. The van der Waals surface area contributed by atoms with E-state index in [1.54, 1.807) is 11.4 Å². The van der Waals surface area contributed by atoms with Gasteiger partial charge < -0.3 is 5.73 Å². The zero-order chi connectivity index (χ0) is 11.8. The number of rotatable bonds is 1. The molecule has 0 saturated carbocycles. The molecule has 0 radical (unpaired) electrons. The van der Waals surface area contributed by atoms with Crippen molar-refractivity contribution >= 4 is 27.2 Å². The Morgan fingerprint density at radius 1 is 1.12 bits per heavy atom. The standard InChI is InChI=1S/C13H9FN2S/c14-10-6-5-8-3-1-2-4-9(8)12(10)11-7-17-13(15)16-11/h1-7H,(H2,15,16). The van der Waals surface area contributed by atoms with Gasteiger partial charge in [-0.25, -0.2) is 9.37 Å². The van der Waals surface area contributed by atoms with Crippen LogP contribution in [0.15, 0.2) is 41.8 Å². The molecule has 0 spiro atoms. The molecule has 3 aromatic rings. The van der Waals surface area contributed by atoms with Gasteiger partial charge in [-0.3, -0.25) is 0 Å². The molecule has 1 aromatic heterocycles. The van der Waals surface area contributed by atoms with Gasteiger partial charge in [0.1, 0.15) is 5.82 Å². The minimum absolute atomic E-state index is 0.269. The summed E-state index contributed by atoms with van der Waals surface area (Å²) in [4.78, 5) is 4.15. The van der Waals surface area contributed by atoms with E-state index in [4.69, 9.17) is 5.73 Å². The van der Waals surface area contributed by atoms with Crippen LogP contribution in [0.25, 0.3) is 22.0 Å². The SMILES string of the molecule is Nc1nc(-c2c(F)ccc3ccccc23)cs1. The van der Waals surface area contributed by atoms with Crippen LogP contribution in [0.2, 0.25) is 0 Å². The summed E-state index contributed by atoms with van der Waals surface area (Å²) in [5.41, 5.74) is 6.72. The Morgan fingerprint density at radius 3 is 2.71 bits per heavy atom. The molecule has 84 valence electrons. The fraction of sp³-hybridized carbons (Fsp3) is 0. The third kappa shape index (κ3) is 1.66. The maximum Gasteiger partial charge on any atom is 0.180 e. The molecule has 1 heterocycles. The number of benzene rings is 2. The molecular formula is C13H9FN2S. The highest BCUT2D eigenvalue weighted by atomic mass is 32.1. The monoisotopic (exact) mass is 244 g/mol. The topological polar surface area (TPSA) is 38.9 Å². The van der Waals surface area contributed by atoms with E-state index < -0.39 is 0 Å². The largest absolute Gasteiger partial charge is 0.375 e. The number of nitrogen functional groups attached to an aromatic ring is 1. The summed E-state index contributed by atoms with van der Waals surface area (Å²) < 4.78 is 13.9. The van der Waals surface area contributed by atoms with Crippen molar-refractivity contribution in [1.29, 1.82) is 0 Å². The number of nitrogens with two attached hydrogens (primary N) is 1. The summed E-state index contributed by atoms with van der Waals surface area (Å²) in [6.45, 7) is 0. The van der Waals surface area contributed by atoms with E-state index in [2.05, 4.69) is 4.98 Å². The molecule has 0 atom stereocenters. The molecule has 0 bridgehead atoms. The quantitative estimate of drug-likeness (QED) is 0.709. The van der Waals surface area contributed by atoms with Crippen LogP contribution in [0, 0.1) is 5.82 Å². The van der Waals surface area contributed by atoms with Crippen molar-refractivity contribution < 1.29 is 4.39 Å². The molecule has 0 aliphatic heterocycles. The molecule has 2 N–H and O–H groups in total. The van der Waals surface area contributed by atoms with E-state index in [-0.39, 0.29) is 5.82 Å². The van der Waals surface area contributed by atoms with Gasteiger partial charge in [-0.05, 0) is 16.8 Å². The van der Waals surface area contributed by atoms with Crippen molar-refractivity contribution in [2.75, 3.05) is 5.73 Å². The second-order valence-corrected chi connectivity index (χ2v) is 4.60. The second-order valence-electron chi connectivity index (χ2n) is 3.71. The van der Waals surface area contributed by atoms with Crippen LogP contribution in [0.5, 0.6) is 0 Å². The first-order valence-corrected chi connectivity index (χ1v) is 6.02. The lowest BCUT2D eigenvalue weighted by Crippen LogP contribution is -1.88. The Morgan fingerprint density at radius 2 is 1.94 bits per heavy atom. The third-order valence-corrected chi connectivity index (χ3v) is 3.33. The Balaban J connectivity index is 2.38. The lowest BCUT2D eigenvalue weighted by atomic mass is 10.0. The van der Waals surface area contributed by atoms with Crippen molar-refractivity contribution in [3.05, 3.63) is 47.6 Å². The van der Waals surface area contributed by atoms with Crippen molar-refractivity contribution in [2.24, 2.45) is 0 Å². The smallest absolute Gasteiger partial charge is 0.180 e. The van der Waals surface area contributed by atoms with Gasteiger partial charge in [0.2, 0.25) is 0 Å². The molecule has 0 saturated heterocycles. The van der Waals surface area contributed by atoms with E-state index in [9.17, 15) is 4.39 Å². The molecule has 0 unspecified atom stereocenters. The number of nitrogens with zero attached hydrogens (tertiary/aromatic N) is 1. The Hall–Kier alpha value is -1.94. The first-order valence-electron chi connectivity index (χ1n) is 5.14. The molecule has 0 aliphatic carbocycles. The third-order valence-electron chi connectivity index (χ3n) is 2.66. The predicted molar refractivity (Wildman–Crippen MR) is 69.4 cm³/mol. The predicted octanol–water partition coefficient (Wildman–Crippen LogP) is 3.68. The highest BCUT2D eigenvalue weighted by molar-refractivity contribution is 7.13. The number of thiazole rings is 1. The maximum atomic E-state index is 13.9. The molecular weight excluding hydrogens is 235 g/mol. The Kier molecular flexibility index (Phi) is 2.30. The minimum Gasteiger partial charge on any atom is -0.375 e. The van der Waals surface area contributed by atoms with Crippen LogP contribution >= 0.6 is 11.3 Å². The summed E-state index contributed by atoms with van der Waals surface area (Å²) in [5, 5.41) is 4.08. The fourth-order valence-electron chi connectivity index (χ4n) is 1.91. The first kappa shape index (κ1) is 10.2. The van der Waals surface area contributed by atoms with Crippen LogP contribution in [0.1, 0.15) is 0 Å². The van der Waals surface area contributed by atoms with Gasteiger partial charge >= 0.3 is 0 Å². The van der Waals surface area contributed by atoms with E-state index in [0.717, 1.165) is 10.8 Å². The Labute approximate surface area is 102 Å². The summed E-state index contributed by atoms with van der Waals surface area (Å²) in [6, 6.07) is 10.9. The Bertz CT molecular complexity index is 691. The number of hydrogen-bond acceptors (Lipinski definition) is 3. The van der Waals surface area contributed by atoms with Gasteiger partial charge in [-0.15, -0.1) is 11.3 Å². The molecule has 4 heteroatoms. The van der Waals surface area contributed by atoms with Crippen LogP contribution in [0.4, 0.5) is 9.52 Å². The van der Waals surface area contributed by atoms with Crippen LogP contribution in [0.3, 0.4) is 0 Å². The molecule has 2 nitrogen and oxygen atoms in total. The number of aromatic nitrogens is 1. The zero-order valence-electron chi connectivity index (χ0n) is 8.85. The molecule has 0 amide bonds. The maximum absolute atomic E-state index is 13.9.